The highest BCUT2D eigenvalue weighted by Crippen LogP contribution is 2.10. The smallest absolute Gasteiger partial charge is 0.253 e. The van der Waals surface area contributed by atoms with Crippen molar-refractivity contribution in [2.45, 2.75) is 27.2 Å². The van der Waals surface area contributed by atoms with Gasteiger partial charge >= 0.3 is 0 Å². The molecule has 0 aromatic heterocycles. The summed E-state index contributed by atoms with van der Waals surface area (Å²) in [6, 6.07) is 7.79. The molecule has 1 aromatic rings. The van der Waals surface area contributed by atoms with Gasteiger partial charge in [-0.05, 0) is 43.5 Å². The van der Waals surface area contributed by atoms with Gasteiger partial charge in [0.1, 0.15) is 0 Å². The van der Waals surface area contributed by atoms with Gasteiger partial charge in [0.25, 0.3) is 5.91 Å². The molecule has 0 radical (unpaired) electrons. The highest BCUT2D eigenvalue weighted by atomic mass is 16.2. The molecule has 0 aliphatic heterocycles. The van der Waals surface area contributed by atoms with Crippen LogP contribution in [0.5, 0.6) is 0 Å². The lowest BCUT2D eigenvalue weighted by molar-refractivity contribution is 0.0745. The van der Waals surface area contributed by atoms with Crippen molar-refractivity contribution in [2.75, 3.05) is 19.6 Å². The minimum Gasteiger partial charge on any atom is -0.339 e. The Morgan fingerprint density at radius 2 is 2.11 bits per heavy atom. The zero-order valence-corrected chi connectivity index (χ0v) is 11.6. The Morgan fingerprint density at radius 3 is 2.67 bits per heavy atom. The van der Waals surface area contributed by atoms with Crippen molar-refractivity contribution in [3.8, 4) is 0 Å². The van der Waals surface area contributed by atoms with Crippen LogP contribution < -0.4 is 5.73 Å². The van der Waals surface area contributed by atoms with Crippen molar-refractivity contribution in [3.05, 3.63) is 35.4 Å². The molecule has 0 heterocycles. The SMILES string of the molecule is CCN(CC(C)C)C(=O)c1cccc(CCN)c1. The molecule has 1 aromatic carbocycles. The third kappa shape index (κ3) is 4.15. The first-order chi connectivity index (χ1) is 8.58. The first-order valence-electron chi connectivity index (χ1n) is 6.66. The Kier molecular flexibility index (Phi) is 5.86. The zero-order valence-electron chi connectivity index (χ0n) is 11.6. The highest BCUT2D eigenvalue weighted by molar-refractivity contribution is 5.94. The van der Waals surface area contributed by atoms with Crippen LogP contribution in [0.15, 0.2) is 24.3 Å². The number of benzene rings is 1. The van der Waals surface area contributed by atoms with Gasteiger partial charge in [0.2, 0.25) is 0 Å². The molecule has 0 aliphatic carbocycles. The molecule has 0 fully saturated rings. The van der Waals surface area contributed by atoms with E-state index in [1.807, 2.05) is 36.1 Å². The fourth-order valence-corrected chi connectivity index (χ4v) is 2.01. The fourth-order valence-electron chi connectivity index (χ4n) is 2.01. The molecule has 0 spiro atoms. The Hall–Kier alpha value is -1.35. The maximum absolute atomic E-state index is 12.4. The number of carbonyl (C=O) groups is 1. The largest absolute Gasteiger partial charge is 0.339 e. The average molecular weight is 248 g/mol. The van der Waals surface area contributed by atoms with Crippen molar-refractivity contribution >= 4 is 5.91 Å². The summed E-state index contributed by atoms with van der Waals surface area (Å²) >= 11 is 0. The molecule has 1 rings (SSSR count). The van der Waals surface area contributed by atoms with Crippen LogP contribution in [0, 0.1) is 5.92 Å². The summed E-state index contributed by atoms with van der Waals surface area (Å²) in [7, 11) is 0. The van der Waals surface area contributed by atoms with E-state index in [1.54, 1.807) is 0 Å². The number of carbonyl (C=O) groups excluding carboxylic acids is 1. The predicted octanol–water partition coefficient (Wildman–Crippen LogP) is 2.31. The van der Waals surface area contributed by atoms with Gasteiger partial charge < -0.3 is 10.6 Å². The van der Waals surface area contributed by atoms with Crippen molar-refractivity contribution in [2.24, 2.45) is 11.7 Å². The zero-order chi connectivity index (χ0) is 13.5. The third-order valence-electron chi connectivity index (χ3n) is 2.86. The molecule has 3 nitrogen and oxygen atoms in total. The second kappa shape index (κ2) is 7.17. The van der Waals surface area contributed by atoms with Crippen LogP contribution in [0.4, 0.5) is 0 Å². The van der Waals surface area contributed by atoms with Gasteiger partial charge in [-0.1, -0.05) is 26.0 Å². The molecular formula is C15H24N2O. The number of amides is 1. The average Bonchev–Trinajstić information content (AvgIpc) is 2.35. The normalized spacial score (nSPS) is 10.7. The van der Waals surface area contributed by atoms with Crippen molar-refractivity contribution in [3.63, 3.8) is 0 Å². The molecule has 2 N–H and O–H groups in total. The van der Waals surface area contributed by atoms with E-state index in [4.69, 9.17) is 5.73 Å². The topological polar surface area (TPSA) is 46.3 Å². The Morgan fingerprint density at radius 1 is 1.39 bits per heavy atom. The van der Waals surface area contributed by atoms with Gasteiger partial charge in [0.05, 0.1) is 0 Å². The second-order valence-corrected chi connectivity index (χ2v) is 4.98. The molecule has 0 saturated carbocycles. The van der Waals surface area contributed by atoms with Gasteiger partial charge in [0.15, 0.2) is 0 Å². The molecule has 0 atom stereocenters. The second-order valence-electron chi connectivity index (χ2n) is 4.98. The van der Waals surface area contributed by atoms with Crippen LogP contribution in [-0.4, -0.2) is 30.4 Å². The molecule has 100 valence electrons. The minimum absolute atomic E-state index is 0.116. The summed E-state index contributed by atoms with van der Waals surface area (Å²) in [6.45, 7) is 8.43. The van der Waals surface area contributed by atoms with Gasteiger partial charge in [-0.3, -0.25) is 4.79 Å². The summed E-state index contributed by atoms with van der Waals surface area (Å²) in [5.41, 5.74) is 7.44. The number of hydrogen-bond donors (Lipinski definition) is 1. The standard InChI is InChI=1S/C15H24N2O/c1-4-17(11-12(2)3)15(18)14-7-5-6-13(10-14)8-9-16/h5-7,10,12H,4,8-9,11,16H2,1-3H3. The summed E-state index contributed by atoms with van der Waals surface area (Å²) in [4.78, 5) is 14.3. The minimum atomic E-state index is 0.116. The van der Waals surface area contributed by atoms with Crippen LogP contribution in [0.3, 0.4) is 0 Å². The van der Waals surface area contributed by atoms with Crippen LogP contribution in [0.2, 0.25) is 0 Å². The monoisotopic (exact) mass is 248 g/mol. The lowest BCUT2D eigenvalue weighted by Gasteiger charge is -2.23. The van der Waals surface area contributed by atoms with Gasteiger partial charge in [0, 0.05) is 18.7 Å². The fraction of sp³-hybridized carbons (Fsp3) is 0.533. The third-order valence-corrected chi connectivity index (χ3v) is 2.86. The first-order valence-corrected chi connectivity index (χ1v) is 6.66. The maximum atomic E-state index is 12.4. The first kappa shape index (κ1) is 14.7. The van der Waals surface area contributed by atoms with Crippen molar-refractivity contribution < 1.29 is 4.79 Å². The molecular weight excluding hydrogens is 224 g/mol. The molecule has 0 saturated heterocycles. The molecule has 3 heteroatoms. The Bertz CT molecular complexity index is 388. The van der Waals surface area contributed by atoms with E-state index in [0.717, 1.165) is 30.6 Å². The molecule has 0 bridgehead atoms. The Balaban J connectivity index is 2.84. The van der Waals surface area contributed by atoms with Gasteiger partial charge in [-0.15, -0.1) is 0 Å². The van der Waals surface area contributed by atoms with Crippen LogP contribution in [0.25, 0.3) is 0 Å². The van der Waals surface area contributed by atoms with E-state index in [0.29, 0.717) is 12.5 Å². The van der Waals surface area contributed by atoms with E-state index in [9.17, 15) is 4.79 Å². The Labute approximate surface area is 110 Å². The predicted molar refractivity (Wildman–Crippen MR) is 75.6 cm³/mol. The summed E-state index contributed by atoms with van der Waals surface area (Å²) < 4.78 is 0. The number of nitrogens with zero attached hydrogens (tertiary/aromatic N) is 1. The molecule has 18 heavy (non-hydrogen) atoms. The van der Waals surface area contributed by atoms with Crippen molar-refractivity contribution in [1.29, 1.82) is 0 Å². The van der Waals surface area contributed by atoms with Crippen LogP contribution in [-0.2, 0) is 6.42 Å². The highest BCUT2D eigenvalue weighted by Gasteiger charge is 2.15. The lowest BCUT2D eigenvalue weighted by atomic mass is 10.1. The van der Waals surface area contributed by atoms with Crippen LogP contribution >= 0.6 is 0 Å². The number of rotatable bonds is 6. The van der Waals surface area contributed by atoms with E-state index < -0.39 is 0 Å². The van der Waals surface area contributed by atoms with E-state index in [1.165, 1.54) is 0 Å². The summed E-state index contributed by atoms with van der Waals surface area (Å²) in [6.07, 6.45) is 0.817. The quantitative estimate of drug-likeness (QED) is 0.839. The summed E-state index contributed by atoms with van der Waals surface area (Å²) in [5.74, 6) is 0.603. The number of nitrogens with two attached hydrogens (primary N) is 1. The lowest BCUT2D eigenvalue weighted by Crippen LogP contribution is -2.34. The van der Waals surface area contributed by atoms with E-state index in [-0.39, 0.29) is 5.91 Å². The van der Waals surface area contributed by atoms with E-state index >= 15 is 0 Å². The van der Waals surface area contributed by atoms with Gasteiger partial charge in [-0.2, -0.15) is 0 Å². The maximum Gasteiger partial charge on any atom is 0.253 e. The molecule has 0 unspecified atom stereocenters. The van der Waals surface area contributed by atoms with Gasteiger partial charge in [-0.25, -0.2) is 0 Å². The van der Waals surface area contributed by atoms with Crippen LogP contribution in [0.1, 0.15) is 36.7 Å². The number of hydrogen-bond acceptors (Lipinski definition) is 2. The molecule has 0 aliphatic rings. The van der Waals surface area contributed by atoms with Crippen molar-refractivity contribution in [1.82, 2.24) is 4.90 Å². The molecule has 1 amide bonds. The van der Waals surface area contributed by atoms with E-state index in [2.05, 4.69) is 13.8 Å². The summed E-state index contributed by atoms with van der Waals surface area (Å²) in [5, 5.41) is 0.